The van der Waals surface area contributed by atoms with Gasteiger partial charge in [0.1, 0.15) is 11.6 Å². The Hall–Kier alpha value is -2.67. The van der Waals surface area contributed by atoms with Crippen molar-refractivity contribution in [2.45, 2.75) is 25.3 Å². The van der Waals surface area contributed by atoms with E-state index in [0.29, 0.717) is 24.1 Å². The molecule has 26 heavy (non-hydrogen) atoms. The number of rotatable bonds is 3. The maximum absolute atomic E-state index is 14.4. The lowest BCUT2D eigenvalue weighted by atomic mass is 9.92. The fraction of sp³-hybridized carbons (Fsp3) is 0.222. The standard InChI is InChI=1S/C18H15ClF2N2O3/c1-18(23-17(25)26)7-6-10-11(3-5-14(21)15(10)18)16(24)22-9-2-4-13(20)12(19)8-9/h2-5,8,23H,6-7H2,1H3,(H,22,24)(H,25,26). The molecule has 136 valence electrons. The second-order valence-corrected chi connectivity index (χ2v) is 6.70. The van der Waals surface area contributed by atoms with Gasteiger partial charge >= 0.3 is 6.09 Å². The number of hydrogen-bond donors (Lipinski definition) is 3. The van der Waals surface area contributed by atoms with Crippen LogP contribution in [0.1, 0.15) is 34.8 Å². The first-order chi connectivity index (χ1) is 12.2. The zero-order valence-corrected chi connectivity index (χ0v) is 14.5. The first kappa shape index (κ1) is 18.1. The quantitative estimate of drug-likeness (QED) is 0.742. The van der Waals surface area contributed by atoms with Gasteiger partial charge in [0, 0.05) is 16.8 Å². The molecule has 0 bridgehead atoms. The highest BCUT2D eigenvalue weighted by Crippen LogP contribution is 2.40. The van der Waals surface area contributed by atoms with Crippen molar-refractivity contribution < 1.29 is 23.5 Å². The molecule has 2 aromatic carbocycles. The predicted octanol–water partition coefficient (Wildman–Crippen LogP) is 4.30. The Morgan fingerprint density at radius 2 is 1.88 bits per heavy atom. The van der Waals surface area contributed by atoms with Crippen LogP contribution in [0.2, 0.25) is 5.02 Å². The first-order valence-electron chi connectivity index (χ1n) is 7.80. The third-order valence-corrected chi connectivity index (χ3v) is 4.78. The van der Waals surface area contributed by atoms with Crippen molar-refractivity contribution in [1.82, 2.24) is 5.32 Å². The van der Waals surface area contributed by atoms with Crippen LogP contribution in [0.5, 0.6) is 0 Å². The Morgan fingerprint density at radius 1 is 1.19 bits per heavy atom. The molecular formula is C18H15ClF2N2O3. The third kappa shape index (κ3) is 3.22. The second-order valence-electron chi connectivity index (χ2n) is 6.29. The third-order valence-electron chi connectivity index (χ3n) is 4.49. The van der Waals surface area contributed by atoms with E-state index in [9.17, 15) is 18.4 Å². The van der Waals surface area contributed by atoms with E-state index in [1.54, 1.807) is 6.92 Å². The van der Waals surface area contributed by atoms with Crippen LogP contribution < -0.4 is 10.6 Å². The number of hydrogen-bond acceptors (Lipinski definition) is 2. The molecular weight excluding hydrogens is 366 g/mol. The van der Waals surface area contributed by atoms with Gasteiger partial charge in [-0.2, -0.15) is 0 Å². The molecule has 0 radical (unpaired) electrons. The molecule has 3 N–H and O–H groups in total. The number of halogens is 3. The topological polar surface area (TPSA) is 78.4 Å². The number of fused-ring (bicyclic) bond motifs is 1. The summed E-state index contributed by atoms with van der Waals surface area (Å²) in [6.07, 6.45) is -0.592. The lowest BCUT2D eigenvalue weighted by Crippen LogP contribution is -2.41. The molecule has 0 aromatic heterocycles. The Bertz CT molecular complexity index is 920. The molecule has 1 unspecified atom stereocenters. The monoisotopic (exact) mass is 380 g/mol. The largest absolute Gasteiger partial charge is 0.465 e. The van der Waals surface area contributed by atoms with E-state index in [2.05, 4.69) is 10.6 Å². The molecule has 5 nitrogen and oxygen atoms in total. The Kier molecular flexibility index (Phi) is 4.58. The zero-order chi connectivity index (χ0) is 19.1. The van der Waals surface area contributed by atoms with Gasteiger partial charge in [0.2, 0.25) is 0 Å². The van der Waals surface area contributed by atoms with Crippen LogP contribution in [-0.2, 0) is 12.0 Å². The molecule has 1 aliphatic rings. The molecule has 0 fully saturated rings. The van der Waals surface area contributed by atoms with Crippen molar-refractivity contribution in [3.05, 3.63) is 63.7 Å². The van der Waals surface area contributed by atoms with E-state index in [4.69, 9.17) is 16.7 Å². The molecule has 0 saturated carbocycles. The Balaban J connectivity index is 1.96. The average molecular weight is 381 g/mol. The molecule has 2 aromatic rings. The summed E-state index contributed by atoms with van der Waals surface area (Å²) in [6.45, 7) is 1.58. The number of carboxylic acid groups (broad SMARTS) is 1. The van der Waals surface area contributed by atoms with Gasteiger partial charge in [0.25, 0.3) is 5.91 Å². The van der Waals surface area contributed by atoms with Crippen LogP contribution >= 0.6 is 11.6 Å². The molecule has 0 saturated heterocycles. The van der Waals surface area contributed by atoms with E-state index >= 15 is 0 Å². The summed E-state index contributed by atoms with van der Waals surface area (Å²) in [6, 6.07) is 6.24. The minimum absolute atomic E-state index is 0.134. The second kappa shape index (κ2) is 6.57. The van der Waals surface area contributed by atoms with Crippen molar-refractivity contribution in [3.63, 3.8) is 0 Å². The smallest absolute Gasteiger partial charge is 0.405 e. The number of benzene rings is 2. The summed E-state index contributed by atoms with van der Waals surface area (Å²) in [5.74, 6) is -1.69. The van der Waals surface area contributed by atoms with Crippen molar-refractivity contribution in [2.24, 2.45) is 0 Å². The van der Waals surface area contributed by atoms with Gasteiger partial charge in [-0.05, 0) is 55.7 Å². The average Bonchev–Trinajstić information content (AvgIpc) is 2.88. The molecule has 3 rings (SSSR count). The number of anilines is 1. The fourth-order valence-electron chi connectivity index (χ4n) is 3.32. The Morgan fingerprint density at radius 3 is 2.54 bits per heavy atom. The highest BCUT2D eigenvalue weighted by atomic mass is 35.5. The van der Waals surface area contributed by atoms with Crippen molar-refractivity contribution >= 4 is 29.3 Å². The van der Waals surface area contributed by atoms with Crippen LogP contribution in [0.4, 0.5) is 19.3 Å². The van der Waals surface area contributed by atoms with Gasteiger partial charge < -0.3 is 15.7 Å². The number of amides is 2. The van der Waals surface area contributed by atoms with E-state index in [1.807, 2.05) is 0 Å². The van der Waals surface area contributed by atoms with Gasteiger partial charge in [0.15, 0.2) is 0 Å². The molecule has 2 amide bonds. The van der Waals surface area contributed by atoms with Gasteiger partial charge in [-0.15, -0.1) is 0 Å². The molecule has 0 spiro atoms. The summed E-state index contributed by atoms with van der Waals surface area (Å²) in [5.41, 5.74) is 0.0408. The van der Waals surface area contributed by atoms with E-state index in [-0.39, 0.29) is 16.1 Å². The van der Waals surface area contributed by atoms with Crippen LogP contribution in [0.25, 0.3) is 0 Å². The van der Waals surface area contributed by atoms with Gasteiger partial charge in [-0.1, -0.05) is 11.6 Å². The zero-order valence-electron chi connectivity index (χ0n) is 13.7. The number of carbonyl (C=O) groups excluding carboxylic acids is 1. The summed E-state index contributed by atoms with van der Waals surface area (Å²) < 4.78 is 27.6. The SMILES string of the molecule is CC1(NC(=O)O)CCc2c(C(=O)Nc3ccc(F)c(Cl)c3)ccc(F)c21. The lowest BCUT2D eigenvalue weighted by Gasteiger charge is -2.26. The lowest BCUT2D eigenvalue weighted by molar-refractivity contribution is 0.102. The van der Waals surface area contributed by atoms with E-state index in [1.165, 1.54) is 18.2 Å². The van der Waals surface area contributed by atoms with Crippen LogP contribution in [0.15, 0.2) is 30.3 Å². The van der Waals surface area contributed by atoms with E-state index in [0.717, 1.165) is 12.1 Å². The number of carbonyl (C=O) groups is 2. The molecule has 8 heteroatoms. The highest BCUT2D eigenvalue weighted by molar-refractivity contribution is 6.31. The summed E-state index contributed by atoms with van der Waals surface area (Å²) in [5, 5.41) is 13.8. The molecule has 0 aliphatic heterocycles. The van der Waals surface area contributed by atoms with Gasteiger partial charge in [-0.25, -0.2) is 13.6 Å². The van der Waals surface area contributed by atoms with Crippen molar-refractivity contribution in [2.75, 3.05) is 5.32 Å². The van der Waals surface area contributed by atoms with Gasteiger partial charge in [0.05, 0.1) is 10.6 Å². The Labute approximate surface area is 153 Å². The van der Waals surface area contributed by atoms with Crippen molar-refractivity contribution in [3.8, 4) is 0 Å². The van der Waals surface area contributed by atoms with Crippen LogP contribution in [0.3, 0.4) is 0 Å². The minimum Gasteiger partial charge on any atom is -0.465 e. The van der Waals surface area contributed by atoms with Crippen molar-refractivity contribution in [1.29, 1.82) is 0 Å². The van der Waals surface area contributed by atoms with Crippen LogP contribution in [-0.4, -0.2) is 17.1 Å². The minimum atomic E-state index is -1.27. The summed E-state index contributed by atoms with van der Waals surface area (Å²) in [4.78, 5) is 23.7. The molecule has 0 heterocycles. The molecule has 1 aliphatic carbocycles. The van der Waals surface area contributed by atoms with Gasteiger partial charge in [-0.3, -0.25) is 4.79 Å². The highest BCUT2D eigenvalue weighted by Gasteiger charge is 2.40. The maximum Gasteiger partial charge on any atom is 0.405 e. The normalized spacial score (nSPS) is 18.3. The summed E-state index contributed by atoms with van der Waals surface area (Å²) in [7, 11) is 0. The maximum atomic E-state index is 14.4. The predicted molar refractivity (Wildman–Crippen MR) is 92.6 cm³/mol. The molecule has 1 atom stereocenters. The summed E-state index contributed by atoms with van der Waals surface area (Å²) >= 11 is 5.70. The fourth-order valence-corrected chi connectivity index (χ4v) is 3.50. The van der Waals surface area contributed by atoms with E-state index < -0.39 is 29.2 Å². The first-order valence-corrected chi connectivity index (χ1v) is 8.18. The van der Waals surface area contributed by atoms with Crippen LogP contribution in [0, 0.1) is 11.6 Å². The number of nitrogens with one attached hydrogen (secondary N) is 2.